The predicted octanol–water partition coefficient (Wildman–Crippen LogP) is 2.91. The van der Waals surface area contributed by atoms with E-state index in [4.69, 9.17) is 21.1 Å². The lowest BCUT2D eigenvalue weighted by Crippen LogP contribution is -1.95. The number of hydrogen-bond donors (Lipinski definition) is 1. The highest BCUT2D eigenvalue weighted by atomic mass is 35.5. The molecule has 1 heterocycles. The summed E-state index contributed by atoms with van der Waals surface area (Å²) in [5.41, 5.74) is -0.216. The van der Waals surface area contributed by atoms with Crippen LogP contribution in [-0.2, 0) is 0 Å². The van der Waals surface area contributed by atoms with Crippen molar-refractivity contribution in [1.29, 1.82) is 0 Å². The van der Waals surface area contributed by atoms with E-state index in [0.29, 0.717) is 0 Å². The molecule has 2 aromatic rings. The van der Waals surface area contributed by atoms with Gasteiger partial charge in [-0.1, -0.05) is 17.7 Å². The van der Waals surface area contributed by atoms with Crippen LogP contribution >= 0.6 is 11.6 Å². The summed E-state index contributed by atoms with van der Waals surface area (Å²) in [7, 11) is 0. The van der Waals surface area contributed by atoms with Crippen molar-refractivity contribution < 1.29 is 19.2 Å². The van der Waals surface area contributed by atoms with Crippen molar-refractivity contribution in [3.05, 3.63) is 44.8 Å². The first-order chi connectivity index (χ1) is 8.91. The Morgan fingerprint density at radius 1 is 1.53 bits per heavy atom. The third-order valence-electron chi connectivity index (χ3n) is 2.39. The van der Waals surface area contributed by atoms with Crippen molar-refractivity contribution in [3.63, 3.8) is 0 Å². The lowest BCUT2D eigenvalue weighted by Gasteiger charge is -2.00. The standard InChI is InChI=1S/C11H7ClN2O5/c1-5-9(11(15)16)19-10(13-5)8-6(12)3-2-4-7(8)14(17)18/h2-4H,1H3,(H,15,16). The molecule has 2 rings (SSSR count). The summed E-state index contributed by atoms with van der Waals surface area (Å²) < 4.78 is 5.03. The van der Waals surface area contributed by atoms with Gasteiger partial charge in [-0.05, 0) is 13.0 Å². The lowest BCUT2D eigenvalue weighted by molar-refractivity contribution is -0.384. The molecule has 0 radical (unpaired) electrons. The van der Waals surface area contributed by atoms with Crippen LogP contribution in [0.4, 0.5) is 5.69 Å². The SMILES string of the molecule is Cc1nc(-c2c(Cl)cccc2[N+](=O)[O-])oc1C(=O)O. The molecule has 0 saturated heterocycles. The number of halogens is 1. The molecule has 1 aromatic heterocycles. The average molecular weight is 283 g/mol. The zero-order valence-corrected chi connectivity index (χ0v) is 10.3. The van der Waals surface area contributed by atoms with Crippen LogP contribution in [0.5, 0.6) is 0 Å². The van der Waals surface area contributed by atoms with Crippen LogP contribution in [0, 0.1) is 17.0 Å². The summed E-state index contributed by atoms with van der Waals surface area (Å²) in [6.07, 6.45) is 0. The van der Waals surface area contributed by atoms with Gasteiger partial charge >= 0.3 is 5.97 Å². The van der Waals surface area contributed by atoms with Crippen LogP contribution in [0.25, 0.3) is 11.5 Å². The molecule has 19 heavy (non-hydrogen) atoms. The summed E-state index contributed by atoms with van der Waals surface area (Å²) in [5.74, 6) is -1.86. The third-order valence-corrected chi connectivity index (χ3v) is 2.71. The van der Waals surface area contributed by atoms with Gasteiger partial charge in [0.1, 0.15) is 5.56 Å². The molecule has 0 aliphatic carbocycles. The number of nitrogens with zero attached hydrogens (tertiary/aromatic N) is 2. The van der Waals surface area contributed by atoms with Crippen LogP contribution in [0.3, 0.4) is 0 Å². The van der Waals surface area contributed by atoms with Crippen LogP contribution in [0.2, 0.25) is 5.02 Å². The number of aromatic carboxylic acids is 1. The predicted molar refractivity (Wildman–Crippen MR) is 65.3 cm³/mol. The van der Waals surface area contributed by atoms with Crippen molar-refractivity contribution in [1.82, 2.24) is 4.98 Å². The molecule has 7 nitrogen and oxygen atoms in total. The number of hydrogen-bond acceptors (Lipinski definition) is 5. The summed E-state index contributed by atoms with van der Waals surface area (Å²) in [6.45, 7) is 1.43. The molecule has 0 fully saturated rings. The Labute approximate surface area is 111 Å². The molecule has 0 atom stereocenters. The molecular weight excluding hydrogens is 276 g/mol. The number of aromatic nitrogens is 1. The van der Waals surface area contributed by atoms with Gasteiger partial charge in [0.2, 0.25) is 11.7 Å². The third kappa shape index (κ3) is 2.27. The minimum Gasteiger partial charge on any atom is -0.475 e. The maximum Gasteiger partial charge on any atom is 0.373 e. The Morgan fingerprint density at radius 2 is 2.21 bits per heavy atom. The maximum absolute atomic E-state index is 10.9. The monoisotopic (exact) mass is 282 g/mol. The first kappa shape index (κ1) is 13.0. The molecule has 0 aliphatic heterocycles. The second-order valence-corrected chi connectivity index (χ2v) is 4.04. The van der Waals surface area contributed by atoms with Gasteiger partial charge < -0.3 is 9.52 Å². The number of oxazole rings is 1. The van der Waals surface area contributed by atoms with E-state index < -0.39 is 10.9 Å². The molecule has 0 amide bonds. The lowest BCUT2D eigenvalue weighted by atomic mass is 10.2. The fraction of sp³-hybridized carbons (Fsp3) is 0.0909. The van der Waals surface area contributed by atoms with E-state index in [1.807, 2.05) is 0 Å². The average Bonchev–Trinajstić information content (AvgIpc) is 2.70. The van der Waals surface area contributed by atoms with E-state index >= 15 is 0 Å². The van der Waals surface area contributed by atoms with E-state index in [1.165, 1.54) is 25.1 Å². The van der Waals surface area contributed by atoms with Gasteiger partial charge in [0.25, 0.3) is 5.69 Å². The largest absolute Gasteiger partial charge is 0.475 e. The first-order valence-corrected chi connectivity index (χ1v) is 5.43. The Balaban J connectivity index is 2.68. The van der Waals surface area contributed by atoms with Gasteiger partial charge in [0, 0.05) is 6.07 Å². The van der Waals surface area contributed by atoms with Crippen LogP contribution in [0.15, 0.2) is 22.6 Å². The molecule has 0 aliphatic rings. The number of rotatable bonds is 3. The molecule has 0 saturated carbocycles. The van der Waals surface area contributed by atoms with Gasteiger partial charge in [0.05, 0.1) is 15.6 Å². The van der Waals surface area contributed by atoms with Crippen molar-refractivity contribution in [2.24, 2.45) is 0 Å². The summed E-state index contributed by atoms with van der Waals surface area (Å²) in [6, 6.07) is 4.09. The zero-order valence-electron chi connectivity index (χ0n) is 9.58. The fourth-order valence-corrected chi connectivity index (χ4v) is 1.83. The minimum absolute atomic E-state index is 0.0373. The van der Waals surface area contributed by atoms with Crippen LogP contribution in [0.1, 0.15) is 16.2 Å². The molecular formula is C11H7ClN2O5. The summed E-state index contributed by atoms with van der Waals surface area (Å²) in [5, 5.41) is 19.9. The molecule has 1 N–H and O–H groups in total. The van der Waals surface area contributed by atoms with Gasteiger partial charge in [-0.25, -0.2) is 9.78 Å². The second kappa shape index (κ2) is 4.69. The highest BCUT2D eigenvalue weighted by Crippen LogP contribution is 2.36. The topological polar surface area (TPSA) is 106 Å². The van der Waals surface area contributed by atoms with Gasteiger partial charge in [-0.15, -0.1) is 0 Å². The van der Waals surface area contributed by atoms with Crippen molar-refractivity contribution in [2.45, 2.75) is 6.92 Å². The number of carboxylic acids is 1. The highest BCUT2D eigenvalue weighted by molar-refractivity contribution is 6.33. The first-order valence-electron chi connectivity index (χ1n) is 5.05. The smallest absolute Gasteiger partial charge is 0.373 e. The molecule has 98 valence electrons. The molecule has 0 bridgehead atoms. The Kier molecular flexibility index (Phi) is 3.22. The van der Waals surface area contributed by atoms with Gasteiger partial charge in [0.15, 0.2) is 0 Å². The van der Waals surface area contributed by atoms with Crippen molar-refractivity contribution >= 4 is 23.3 Å². The highest BCUT2D eigenvalue weighted by Gasteiger charge is 2.25. The molecule has 1 aromatic carbocycles. The van der Waals surface area contributed by atoms with E-state index in [1.54, 1.807) is 0 Å². The maximum atomic E-state index is 10.9. The quantitative estimate of drug-likeness (QED) is 0.685. The van der Waals surface area contributed by atoms with Crippen LogP contribution < -0.4 is 0 Å². The van der Waals surface area contributed by atoms with E-state index in [9.17, 15) is 14.9 Å². The van der Waals surface area contributed by atoms with E-state index in [2.05, 4.69) is 4.98 Å². The number of carbonyl (C=O) groups is 1. The van der Waals surface area contributed by atoms with E-state index in [-0.39, 0.29) is 33.6 Å². The Morgan fingerprint density at radius 3 is 2.74 bits per heavy atom. The molecule has 0 spiro atoms. The molecule has 8 heteroatoms. The number of nitro benzene ring substituents is 1. The van der Waals surface area contributed by atoms with Gasteiger partial charge in [-0.2, -0.15) is 0 Å². The zero-order chi connectivity index (χ0) is 14.2. The Bertz CT molecular complexity index is 680. The van der Waals surface area contributed by atoms with E-state index in [0.717, 1.165) is 0 Å². The van der Waals surface area contributed by atoms with Gasteiger partial charge in [-0.3, -0.25) is 10.1 Å². The summed E-state index contributed by atoms with van der Waals surface area (Å²) in [4.78, 5) is 25.0. The normalized spacial score (nSPS) is 10.4. The van der Waals surface area contributed by atoms with Crippen LogP contribution in [-0.4, -0.2) is 21.0 Å². The number of carboxylic acid groups (broad SMARTS) is 1. The van der Waals surface area contributed by atoms with Crippen molar-refractivity contribution in [2.75, 3.05) is 0 Å². The minimum atomic E-state index is -1.30. The summed E-state index contributed by atoms with van der Waals surface area (Å²) >= 11 is 5.90. The number of benzene rings is 1. The molecule has 0 unspecified atom stereocenters. The number of nitro groups is 1. The Hall–Kier alpha value is -2.41. The second-order valence-electron chi connectivity index (χ2n) is 3.63. The van der Waals surface area contributed by atoms with Crippen molar-refractivity contribution in [3.8, 4) is 11.5 Å². The fourth-order valence-electron chi connectivity index (χ4n) is 1.58. The number of aryl methyl sites for hydroxylation is 1.